The van der Waals surface area contributed by atoms with E-state index in [1.807, 2.05) is 19.9 Å². The molecule has 0 aliphatic rings. The monoisotopic (exact) mass is 348 g/mol. The first kappa shape index (κ1) is 17.7. The van der Waals surface area contributed by atoms with Gasteiger partial charge >= 0.3 is 0 Å². The van der Waals surface area contributed by atoms with Gasteiger partial charge in [-0.15, -0.1) is 0 Å². The number of hydrazone groups is 1. The number of ether oxygens (including phenoxy) is 1. The lowest BCUT2D eigenvalue weighted by Gasteiger charge is -2.13. The molecule has 8 heteroatoms. The minimum Gasteiger partial charge on any atom is -0.489 e. The molecule has 0 spiro atoms. The molecule has 1 aromatic carbocycles. The Balaban J connectivity index is 1.99. The molecule has 0 unspecified atom stereocenters. The van der Waals surface area contributed by atoms with Crippen molar-refractivity contribution in [2.45, 2.75) is 26.4 Å². The molecule has 2 rings (SSSR count). The molecule has 0 aliphatic heterocycles. The summed E-state index contributed by atoms with van der Waals surface area (Å²) in [4.78, 5) is 13.9. The number of nitrogens with one attached hydrogen (secondary N) is 1. The van der Waals surface area contributed by atoms with Crippen LogP contribution in [0.2, 0.25) is 5.02 Å². The van der Waals surface area contributed by atoms with Gasteiger partial charge < -0.3 is 4.74 Å². The van der Waals surface area contributed by atoms with Crippen LogP contribution in [0.5, 0.6) is 5.75 Å². The molecule has 1 N–H and O–H groups in total. The highest BCUT2D eigenvalue weighted by molar-refractivity contribution is 6.32. The fourth-order valence-corrected chi connectivity index (χ4v) is 1.96. The zero-order valence-electron chi connectivity index (χ0n) is 13.3. The Morgan fingerprint density at radius 2 is 2.25 bits per heavy atom. The van der Waals surface area contributed by atoms with Crippen LogP contribution in [0.15, 0.2) is 41.6 Å². The van der Waals surface area contributed by atoms with Crippen LogP contribution in [0.4, 0.5) is 11.5 Å². The zero-order chi connectivity index (χ0) is 17.5. The van der Waals surface area contributed by atoms with Crippen molar-refractivity contribution in [2.24, 2.45) is 5.10 Å². The highest BCUT2D eigenvalue weighted by Crippen LogP contribution is 2.26. The highest BCUT2D eigenvalue weighted by atomic mass is 35.5. The van der Waals surface area contributed by atoms with Gasteiger partial charge in [0.15, 0.2) is 0 Å². The van der Waals surface area contributed by atoms with Gasteiger partial charge in [-0.1, -0.05) is 18.5 Å². The first-order valence-corrected chi connectivity index (χ1v) is 7.73. The van der Waals surface area contributed by atoms with Crippen LogP contribution in [0.25, 0.3) is 0 Å². The van der Waals surface area contributed by atoms with Crippen LogP contribution in [0.1, 0.15) is 25.8 Å². The fourth-order valence-electron chi connectivity index (χ4n) is 1.73. The summed E-state index contributed by atoms with van der Waals surface area (Å²) in [5.41, 5.74) is 3.40. The number of pyridine rings is 1. The van der Waals surface area contributed by atoms with Crippen LogP contribution in [0.3, 0.4) is 0 Å². The van der Waals surface area contributed by atoms with E-state index >= 15 is 0 Å². The Labute approximate surface area is 144 Å². The number of nitrogens with zero attached hydrogens (tertiary/aromatic N) is 3. The van der Waals surface area contributed by atoms with Crippen LogP contribution in [-0.2, 0) is 0 Å². The third-order valence-corrected chi connectivity index (χ3v) is 3.51. The van der Waals surface area contributed by atoms with Crippen LogP contribution in [0, 0.1) is 10.1 Å². The molecule has 0 saturated heterocycles. The number of aromatic nitrogens is 1. The summed E-state index contributed by atoms with van der Waals surface area (Å²) >= 11 is 6.19. The lowest BCUT2D eigenvalue weighted by molar-refractivity contribution is -0.385. The predicted octanol–water partition coefficient (Wildman–Crippen LogP) is 4.27. The van der Waals surface area contributed by atoms with Gasteiger partial charge in [0.25, 0.3) is 5.69 Å². The standard InChI is InChI=1S/C16H17ClN4O3/c1-3-11(2)24-15-6-4-12(8-14(15)17)9-19-20-16-7-5-13(10-18-16)21(22)23/h4-11H,3H2,1-2H3,(H,18,20)/b19-9+/t11-/m1/s1. The molecule has 126 valence electrons. The Bertz CT molecular complexity index is 735. The zero-order valence-corrected chi connectivity index (χ0v) is 14.0. The van der Waals surface area contributed by atoms with Crippen molar-refractivity contribution >= 4 is 29.3 Å². The number of halogens is 1. The second-order valence-corrected chi connectivity index (χ2v) is 5.46. The fraction of sp³-hybridized carbons (Fsp3) is 0.250. The number of benzene rings is 1. The van der Waals surface area contributed by atoms with E-state index in [2.05, 4.69) is 15.5 Å². The molecule has 0 saturated carbocycles. The summed E-state index contributed by atoms with van der Waals surface area (Å²) in [5, 5.41) is 15.1. The van der Waals surface area contributed by atoms with Crippen molar-refractivity contribution in [1.29, 1.82) is 0 Å². The molecule has 24 heavy (non-hydrogen) atoms. The normalized spacial score (nSPS) is 12.1. The number of anilines is 1. The Morgan fingerprint density at radius 3 is 2.83 bits per heavy atom. The molecule has 1 heterocycles. The van der Waals surface area contributed by atoms with Gasteiger partial charge in [0.05, 0.1) is 22.3 Å². The van der Waals surface area contributed by atoms with Gasteiger partial charge in [-0.05, 0) is 43.2 Å². The lowest BCUT2D eigenvalue weighted by atomic mass is 10.2. The lowest BCUT2D eigenvalue weighted by Crippen LogP contribution is -2.10. The van der Waals surface area contributed by atoms with Gasteiger partial charge in [-0.25, -0.2) is 4.98 Å². The van der Waals surface area contributed by atoms with E-state index in [1.54, 1.807) is 18.3 Å². The molecule has 7 nitrogen and oxygen atoms in total. The molecule has 0 bridgehead atoms. The van der Waals surface area contributed by atoms with Crippen LogP contribution < -0.4 is 10.2 Å². The number of hydrogen-bond donors (Lipinski definition) is 1. The number of nitro groups is 1. The van der Waals surface area contributed by atoms with Gasteiger partial charge in [0, 0.05) is 6.07 Å². The van der Waals surface area contributed by atoms with E-state index in [-0.39, 0.29) is 11.8 Å². The van der Waals surface area contributed by atoms with Crippen molar-refractivity contribution in [3.8, 4) is 5.75 Å². The maximum absolute atomic E-state index is 10.5. The van der Waals surface area contributed by atoms with Gasteiger partial charge in [0.2, 0.25) is 0 Å². The number of rotatable bonds is 7. The summed E-state index contributed by atoms with van der Waals surface area (Å²) in [6.07, 6.45) is 3.72. The van der Waals surface area contributed by atoms with Gasteiger partial charge in [-0.3, -0.25) is 15.5 Å². The van der Waals surface area contributed by atoms with E-state index < -0.39 is 4.92 Å². The summed E-state index contributed by atoms with van der Waals surface area (Å²) in [6.45, 7) is 4.02. The third kappa shape index (κ3) is 4.92. The van der Waals surface area contributed by atoms with Crippen molar-refractivity contribution in [2.75, 3.05) is 5.43 Å². The summed E-state index contributed by atoms with van der Waals surface area (Å²) in [6, 6.07) is 8.19. The highest BCUT2D eigenvalue weighted by Gasteiger charge is 2.06. The Kier molecular flexibility index (Phi) is 6.08. The third-order valence-electron chi connectivity index (χ3n) is 3.21. The van der Waals surface area contributed by atoms with E-state index in [1.165, 1.54) is 12.1 Å². The van der Waals surface area contributed by atoms with Gasteiger partial charge in [0.1, 0.15) is 17.8 Å². The van der Waals surface area contributed by atoms with E-state index in [4.69, 9.17) is 16.3 Å². The quantitative estimate of drug-likeness (QED) is 0.458. The minimum absolute atomic E-state index is 0.0757. The van der Waals surface area contributed by atoms with Gasteiger partial charge in [-0.2, -0.15) is 5.10 Å². The van der Waals surface area contributed by atoms with E-state index in [0.717, 1.165) is 18.2 Å². The van der Waals surface area contributed by atoms with Crippen LogP contribution in [-0.4, -0.2) is 22.2 Å². The molecule has 0 aliphatic carbocycles. The summed E-state index contributed by atoms with van der Waals surface area (Å²) in [5.74, 6) is 1.04. The molecular weight excluding hydrogens is 332 g/mol. The Hall–Kier alpha value is -2.67. The SMILES string of the molecule is CC[C@@H](C)Oc1ccc(/C=N/Nc2ccc([N+](=O)[O-])cn2)cc1Cl. The van der Waals surface area contributed by atoms with Crippen molar-refractivity contribution in [1.82, 2.24) is 4.98 Å². The molecule has 0 amide bonds. The van der Waals surface area contributed by atoms with E-state index in [0.29, 0.717) is 16.6 Å². The average molecular weight is 349 g/mol. The van der Waals surface area contributed by atoms with Crippen molar-refractivity contribution in [3.63, 3.8) is 0 Å². The number of hydrogen-bond acceptors (Lipinski definition) is 6. The van der Waals surface area contributed by atoms with E-state index in [9.17, 15) is 10.1 Å². The largest absolute Gasteiger partial charge is 0.489 e. The second kappa shape index (κ2) is 8.26. The Morgan fingerprint density at radius 1 is 1.46 bits per heavy atom. The second-order valence-electron chi connectivity index (χ2n) is 5.06. The molecule has 0 fully saturated rings. The topological polar surface area (TPSA) is 89.6 Å². The molecular formula is C16H17ClN4O3. The molecule has 0 radical (unpaired) electrons. The predicted molar refractivity (Wildman–Crippen MR) is 93.9 cm³/mol. The van der Waals surface area contributed by atoms with Crippen molar-refractivity contribution < 1.29 is 9.66 Å². The molecule has 1 aromatic heterocycles. The molecule has 2 aromatic rings. The summed E-state index contributed by atoms with van der Waals surface area (Å²) < 4.78 is 5.70. The maximum atomic E-state index is 10.5. The van der Waals surface area contributed by atoms with Crippen LogP contribution >= 0.6 is 11.6 Å². The van der Waals surface area contributed by atoms with Crippen molar-refractivity contribution in [3.05, 3.63) is 57.2 Å². The minimum atomic E-state index is -0.509. The average Bonchev–Trinajstić information content (AvgIpc) is 2.57. The first-order valence-electron chi connectivity index (χ1n) is 7.35. The smallest absolute Gasteiger partial charge is 0.287 e. The molecule has 1 atom stereocenters. The maximum Gasteiger partial charge on any atom is 0.287 e. The first-order chi connectivity index (χ1) is 11.5. The summed E-state index contributed by atoms with van der Waals surface area (Å²) in [7, 11) is 0.